The van der Waals surface area contributed by atoms with Crippen LogP contribution in [-0.4, -0.2) is 41.3 Å². The Labute approximate surface area is 187 Å². The van der Waals surface area contributed by atoms with Crippen molar-refractivity contribution in [3.8, 4) is 11.5 Å². The third-order valence-electron chi connectivity index (χ3n) is 4.02. The second-order valence-corrected chi connectivity index (χ2v) is 8.07. The van der Waals surface area contributed by atoms with Crippen molar-refractivity contribution in [3.63, 3.8) is 0 Å². The summed E-state index contributed by atoms with van der Waals surface area (Å²) < 4.78 is 10.6. The lowest BCUT2D eigenvalue weighted by Gasteiger charge is -2.19. The van der Waals surface area contributed by atoms with Crippen molar-refractivity contribution < 1.29 is 29.0 Å². The highest BCUT2D eigenvalue weighted by Crippen LogP contribution is 2.18. The van der Waals surface area contributed by atoms with Crippen LogP contribution in [0.5, 0.6) is 11.5 Å². The number of hydrogen-bond donors (Lipinski definition) is 4. The second-order valence-electron chi connectivity index (χ2n) is 8.07. The normalized spacial score (nSPS) is 11.8. The summed E-state index contributed by atoms with van der Waals surface area (Å²) in [5.74, 6) is -0.0940. The Morgan fingerprint density at radius 3 is 2.19 bits per heavy atom. The number of rotatable bonds is 8. The van der Waals surface area contributed by atoms with Gasteiger partial charge in [-0.05, 0) is 69.7 Å². The SMILES string of the molecule is CC(Oc1ccc(O)cc1)C(=O)Nc1ccc(CNC(=O)CNC(=O)OC(C)(C)C)cc1. The predicted molar refractivity (Wildman–Crippen MR) is 119 cm³/mol. The van der Waals surface area contributed by atoms with Gasteiger partial charge in [0.05, 0.1) is 0 Å². The van der Waals surface area contributed by atoms with E-state index < -0.39 is 17.8 Å². The molecule has 1 unspecified atom stereocenters. The van der Waals surface area contributed by atoms with Crippen LogP contribution in [0.25, 0.3) is 0 Å². The summed E-state index contributed by atoms with van der Waals surface area (Å²) in [6.45, 7) is 6.91. The van der Waals surface area contributed by atoms with E-state index >= 15 is 0 Å². The van der Waals surface area contributed by atoms with E-state index in [1.807, 2.05) is 0 Å². The molecule has 9 heteroatoms. The molecule has 2 rings (SSSR count). The van der Waals surface area contributed by atoms with Crippen molar-refractivity contribution in [2.24, 2.45) is 0 Å². The van der Waals surface area contributed by atoms with Crippen molar-refractivity contribution in [1.29, 1.82) is 0 Å². The van der Waals surface area contributed by atoms with Crippen LogP contribution in [0.1, 0.15) is 33.3 Å². The van der Waals surface area contributed by atoms with Crippen LogP contribution in [0.2, 0.25) is 0 Å². The molecule has 172 valence electrons. The molecule has 0 bridgehead atoms. The zero-order chi connectivity index (χ0) is 23.7. The highest BCUT2D eigenvalue weighted by atomic mass is 16.6. The van der Waals surface area contributed by atoms with Gasteiger partial charge in [-0.15, -0.1) is 0 Å². The average molecular weight is 444 g/mol. The van der Waals surface area contributed by atoms with E-state index in [1.165, 1.54) is 12.1 Å². The van der Waals surface area contributed by atoms with E-state index in [9.17, 15) is 19.5 Å². The Balaban J connectivity index is 1.75. The zero-order valence-electron chi connectivity index (χ0n) is 18.6. The number of aromatic hydroxyl groups is 1. The first-order valence-electron chi connectivity index (χ1n) is 10.1. The molecule has 0 saturated carbocycles. The number of anilines is 1. The van der Waals surface area contributed by atoms with E-state index in [0.29, 0.717) is 11.4 Å². The molecule has 9 nitrogen and oxygen atoms in total. The summed E-state index contributed by atoms with van der Waals surface area (Å²) in [6.07, 6.45) is -1.40. The first-order chi connectivity index (χ1) is 15.0. The minimum absolute atomic E-state index is 0.116. The lowest BCUT2D eigenvalue weighted by molar-refractivity contribution is -0.122. The lowest BCUT2D eigenvalue weighted by atomic mass is 10.2. The fraction of sp³-hybridized carbons (Fsp3) is 0.348. The highest BCUT2D eigenvalue weighted by Gasteiger charge is 2.17. The van der Waals surface area contributed by atoms with Gasteiger partial charge in [0.2, 0.25) is 5.91 Å². The van der Waals surface area contributed by atoms with E-state index in [1.54, 1.807) is 64.1 Å². The maximum absolute atomic E-state index is 12.3. The molecular formula is C23H29N3O6. The summed E-state index contributed by atoms with van der Waals surface area (Å²) in [5.41, 5.74) is 0.771. The first-order valence-corrected chi connectivity index (χ1v) is 10.1. The van der Waals surface area contributed by atoms with Gasteiger partial charge in [0.25, 0.3) is 5.91 Å². The third kappa shape index (κ3) is 8.95. The summed E-state index contributed by atoms with van der Waals surface area (Å²) in [4.78, 5) is 35.7. The summed E-state index contributed by atoms with van der Waals surface area (Å²) in [6, 6.07) is 13.1. The number of carbonyl (C=O) groups is 3. The number of alkyl carbamates (subject to hydrolysis) is 1. The Bertz CT molecular complexity index is 920. The molecule has 0 aliphatic rings. The number of hydrogen-bond acceptors (Lipinski definition) is 6. The first kappa shape index (κ1) is 24.5. The molecule has 2 aromatic rings. The second kappa shape index (κ2) is 11.0. The molecule has 0 aliphatic carbocycles. The summed E-state index contributed by atoms with van der Waals surface area (Å²) in [5, 5.41) is 17.1. The Morgan fingerprint density at radius 1 is 0.969 bits per heavy atom. The van der Waals surface area contributed by atoms with E-state index in [4.69, 9.17) is 9.47 Å². The largest absolute Gasteiger partial charge is 0.508 e. The van der Waals surface area contributed by atoms with E-state index in [-0.39, 0.29) is 30.7 Å². The Morgan fingerprint density at radius 2 is 1.59 bits per heavy atom. The van der Waals surface area contributed by atoms with Gasteiger partial charge in [0, 0.05) is 12.2 Å². The van der Waals surface area contributed by atoms with Crippen molar-refractivity contribution in [3.05, 3.63) is 54.1 Å². The zero-order valence-corrected chi connectivity index (χ0v) is 18.6. The van der Waals surface area contributed by atoms with Gasteiger partial charge in [-0.2, -0.15) is 0 Å². The number of phenols is 1. The molecule has 0 heterocycles. The molecule has 0 saturated heterocycles. The maximum Gasteiger partial charge on any atom is 0.408 e. The van der Waals surface area contributed by atoms with Gasteiger partial charge in [-0.3, -0.25) is 9.59 Å². The fourth-order valence-corrected chi connectivity index (χ4v) is 2.46. The monoisotopic (exact) mass is 443 g/mol. The quantitative estimate of drug-likeness (QED) is 0.497. The minimum Gasteiger partial charge on any atom is -0.508 e. The number of carbonyl (C=O) groups excluding carboxylic acids is 3. The maximum atomic E-state index is 12.3. The van der Waals surface area contributed by atoms with Crippen molar-refractivity contribution in [1.82, 2.24) is 10.6 Å². The molecule has 3 amide bonds. The third-order valence-corrected chi connectivity index (χ3v) is 4.02. The molecule has 4 N–H and O–H groups in total. The molecule has 32 heavy (non-hydrogen) atoms. The number of nitrogens with one attached hydrogen (secondary N) is 3. The molecule has 0 aromatic heterocycles. The minimum atomic E-state index is -0.740. The molecule has 1 atom stereocenters. The van der Waals surface area contributed by atoms with Crippen LogP contribution in [0.3, 0.4) is 0 Å². The molecule has 0 spiro atoms. The Kier molecular flexibility index (Phi) is 8.46. The van der Waals surface area contributed by atoms with Gasteiger partial charge in [0.1, 0.15) is 23.6 Å². The van der Waals surface area contributed by atoms with Crippen LogP contribution in [0, 0.1) is 0 Å². The predicted octanol–water partition coefficient (Wildman–Crippen LogP) is 2.94. The standard InChI is InChI=1S/C23H29N3O6/c1-15(31-19-11-9-18(27)10-12-19)21(29)26-17-7-5-16(6-8-17)13-24-20(28)14-25-22(30)32-23(2,3)4/h5-12,15,27H,13-14H2,1-4H3,(H,24,28)(H,25,30)(H,26,29). The summed E-state index contributed by atoms with van der Waals surface area (Å²) in [7, 11) is 0. The lowest BCUT2D eigenvalue weighted by Crippen LogP contribution is -2.39. The van der Waals surface area contributed by atoms with E-state index in [0.717, 1.165) is 5.56 Å². The van der Waals surface area contributed by atoms with Gasteiger partial charge in [-0.25, -0.2) is 4.79 Å². The van der Waals surface area contributed by atoms with Crippen molar-refractivity contribution >= 4 is 23.6 Å². The number of ether oxygens (including phenoxy) is 2. The number of amides is 3. The smallest absolute Gasteiger partial charge is 0.408 e. The van der Waals surface area contributed by atoms with Crippen LogP contribution < -0.4 is 20.7 Å². The molecule has 0 radical (unpaired) electrons. The fourth-order valence-electron chi connectivity index (χ4n) is 2.46. The van der Waals surface area contributed by atoms with Gasteiger partial charge in [0.15, 0.2) is 6.10 Å². The van der Waals surface area contributed by atoms with Crippen LogP contribution in [-0.2, 0) is 20.9 Å². The van der Waals surface area contributed by atoms with Gasteiger partial charge < -0.3 is 30.5 Å². The molecule has 0 fully saturated rings. The Hall–Kier alpha value is -3.75. The van der Waals surface area contributed by atoms with E-state index in [2.05, 4.69) is 16.0 Å². The van der Waals surface area contributed by atoms with Crippen LogP contribution >= 0.6 is 0 Å². The van der Waals surface area contributed by atoms with Crippen LogP contribution in [0.15, 0.2) is 48.5 Å². The topological polar surface area (TPSA) is 126 Å². The van der Waals surface area contributed by atoms with Gasteiger partial charge in [-0.1, -0.05) is 12.1 Å². The molecular weight excluding hydrogens is 414 g/mol. The average Bonchev–Trinajstić information content (AvgIpc) is 2.72. The van der Waals surface area contributed by atoms with Crippen molar-refractivity contribution in [2.45, 2.75) is 45.9 Å². The number of phenolic OH excluding ortho intramolecular Hbond substituents is 1. The molecule has 2 aromatic carbocycles. The van der Waals surface area contributed by atoms with Crippen LogP contribution in [0.4, 0.5) is 10.5 Å². The molecule has 0 aliphatic heterocycles. The van der Waals surface area contributed by atoms with Gasteiger partial charge >= 0.3 is 6.09 Å². The summed E-state index contributed by atoms with van der Waals surface area (Å²) >= 11 is 0. The van der Waals surface area contributed by atoms with Crippen molar-refractivity contribution in [2.75, 3.05) is 11.9 Å². The number of benzene rings is 2. The highest BCUT2D eigenvalue weighted by molar-refractivity contribution is 5.94.